The van der Waals surface area contributed by atoms with Gasteiger partial charge in [0.2, 0.25) is 0 Å². The maximum Gasteiger partial charge on any atom is 0.133 e. The second kappa shape index (κ2) is 6.97. The largest absolute Gasteiger partial charge is 0.259 e. The van der Waals surface area contributed by atoms with Crippen LogP contribution in [0.2, 0.25) is 0 Å². The van der Waals surface area contributed by atoms with Gasteiger partial charge >= 0.3 is 0 Å². The molecule has 120 valence electrons. The second-order valence-electron chi connectivity index (χ2n) is 5.49. The molecule has 0 amide bonds. The Balaban J connectivity index is 1.50. The molecule has 0 saturated heterocycles. The van der Waals surface area contributed by atoms with Gasteiger partial charge < -0.3 is 0 Å². The summed E-state index contributed by atoms with van der Waals surface area (Å²) in [5.74, 6) is 1.07. The quantitative estimate of drug-likeness (QED) is 0.467. The van der Waals surface area contributed by atoms with Crippen molar-refractivity contribution in [3.05, 3.63) is 76.6 Å². The zero-order valence-electron chi connectivity index (χ0n) is 12.8. The van der Waals surface area contributed by atoms with Crippen molar-refractivity contribution >= 4 is 44.2 Å². The molecule has 4 aromatic rings. The molecule has 0 bridgehead atoms. The summed E-state index contributed by atoms with van der Waals surface area (Å²) >= 11 is 3.31. The van der Waals surface area contributed by atoms with Gasteiger partial charge in [-0.3, -0.25) is 4.21 Å². The predicted molar refractivity (Wildman–Crippen MR) is 105 cm³/mol. The number of aromatic nitrogens is 1. The van der Waals surface area contributed by atoms with Gasteiger partial charge in [0.25, 0.3) is 0 Å². The van der Waals surface area contributed by atoms with Crippen molar-refractivity contribution in [2.45, 2.75) is 11.5 Å². The molecule has 2 nitrogen and oxygen atoms in total. The highest BCUT2D eigenvalue weighted by Crippen LogP contribution is 2.28. The smallest absolute Gasteiger partial charge is 0.133 e. The number of benzene rings is 2. The summed E-state index contributed by atoms with van der Waals surface area (Å²) in [5.41, 5.74) is 2.06. The summed E-state index contributed by atoms with van der Waals surface area (Å²) in [5, 5.41) is 7.47. The van der Waals surface area contributed by atoms with E-state index in [1.807, 2.05) is 29.6 Å². The molecule has 0 radical (unpaired) electrons. The Kier molecular flexibility index (Phi) is 4.56. The van der Waals surface area contributed by atoms with E-state index in [0.717, 1.165) is 16.3 Å². The molecular formula is C19H15NOS3. The first-order valence-corrected chi connectivity index (χ1v) is 10.8. The van der Waals surface area contributed by atoms with Gasteiger partial charge in [-0.2, -0.15) is 0 Å². The van der Waals surface area contributed by atoms with E-state index in [9.17, 15) is 4.21 Å². The monoisotopic (exact) mass is 369 g/mol. The molecule has 24 heavy (non-hydrogen) atoms. The lowest BCUT2D eigenvalue weighted by Crippen LogP contribution is -2.00. The summed E-state index contributed by atoms with van der Waals surface area (Å²) in [6.45, 7) is 0. The normalized spacial score (nSPS) is 12.5. The zero-order chi connectivity index (χ0) is 16.4. The molecule has 4 rings (SSSR count). The molecule has 0 fully saturated rings. The van der Waals surface area contributed by atoms with Crippen LogP contribution in [0, 0.1) is 0 Å². The van der Waals surface area contributed by atoms with Gasteiger partial charge in [-0.1, -0.05) is 48.5 Å². The van der Waals surface area contributed by atoms with Crippen molar-refractivity contribution in [1.82, 2.24) is 4.98 Å². The molecule has 1 atom stereocenters. The van der Waals surface area contributed by atoms with Crippen LogP contribution in [0.3, 0.4) is 0 Å². The summed E-state index contributed by atoms with van der Waals surface area (Å²) in [4.78, 5) is 5.80. The van der Waals surface area contributed by atoms with E-state index in [1.165, 1.54) is 15.6 Å². The summed E-state index contributed by atoms with van der Waals surface area (Å²) in [6, 6.07) is 18.5. The Morgan fingerprint density at radius 2 is 1.79 bits per heavy atom. The number of rotatable bonds is 5. The first-order chi connectivity index (χ1) is 11.8. The lowest BCUT2D eigenvalue weighted by Gasteiger charge is -2.06. The van der Waals surface area contributed by atoms with Gasteiger partial charge in [-0.25, -0.2) is 4.98 Å². The van der Waals surface area contributed by atoms with Crippen molar-refractivity contribution in [3.8, 4) is 9.88 Å². The fourth-order valence-electron chi connectivity index (χ4n) is 2.69. The number of hydrogen-bond acceptors (Lipinski definition) is 4. The predicted octanol–water partition coefficient (Wildman–Crippen LogP) is 5.47. The van der Waals surface area contributed by atoms with E-state index in [0.29, 0.717) is 11.5 Å². The minimum absolute atomic E-state index is 0.505. The third-order valence-electron chi connectivity index (χ3n) is 3.79. The number of thiazole rings is 1. The average Bonchev–Trinajstić information content (AvgIpc) is 3.26. The maximum absolute atomic E-state index is 12.6. The van der Waals surface area contributed by atoms with Gasteiger partial charge in [-0.15, -0.1) is 22.7 Å². The fraction of sp³-hybridized carbons (Fsp3) is 0.105. The minimum atomic E-state index is -0.964. The van der Waals surface area contributed by atoms with E-state index in [4.69, 9.17) is 0 Å². The first kappa shape index (κ1) is 15.7. The Morgan fingerprint density at radius 1 is 0.917 bits per heavy atom. The molecule has 0 N–H and O–H groups in total. The highest BCUT2D eigenvalue weighted by Gasteiger charge is 2.10. The Bertz CT molecular complexity index is 983. The van der Waals surface area contributed by atoms with Crippen molar-refractivity contribution < 1.29 is 4.21 Å². The van der Waals surface area contributed by atoms with Crippen LogP contribution in [0.1, 0.15) is 11.3 Å². The standard InChI is InChI=1S/C19H15NOS3/c21-24(12-15-7-3-6-14-5-1-2-8-17(14)15)13-16-11-23-19(20-16)18-9-4-10-22-18/h1-11H,12-13H2. The van der Waals surface area contributed by atoms with Crippen LogP contribution >= 0.6 is 22.7 Å². The molecule has 2 heterocycles. The van der Waals surface area contributed by atoms with Crippen LogP contribution in [-0.4, -0.2) is 9.19 Å². The lowest BCUT2D eigenvalue weighted by molar-refractivity contribution is 0.682. The number of fused-ring (bicyclic) bond motifs is 1. The van der Waals surface area contributed by atoms with Crippen molar-refractivity contribution in [2.75, 3.05) is 0 Å². The fourth-order valence-corrected chi connectivity index (χ4v) is 5.61. The van der Waals surface area contributed by atoms with E-state index in [2.05, 4.69) is 40.7 Å². The van der Waals surface area contributed by atoms with Crippen LogP contribution in [0.5, 0.6) is 0 Å². The van der Waals surface area contributed by atoms with Gasteiger partial charge in [0, 0.05) is 21.9 Å². The number of hydrogen-bond donors (Lipinski definition) is 0. The lowest BCUT2D eigenvalue weighted by atomic mass is 10.1. The highest BCUT2D eigenvalue weighted by molar-refractivity contribution is 7.83. The molecule has 0 aliphatic heterocycles. The van der Waals surface area contributed by atoms with Crippen molar-refractivity contribution in [3.63, 3.8) is 0 Å². The van der Waals surface area contributed by atoms with Crippen molar-refractivity contribution in [1.29, 1.82) is 0 Å². The molecule has 2 aromatic heterocycles. The highest BCUT2D eigenvalue weighted by atomic mass is 32.2. The summed E-state index contributed by atoms with van der Waals surface area (Å²) in [7, 11) is -0.964. The number of nitrogens with zero attached hydrogens (tertiary/aromatic N) is 1. The van der Waals surface area contributed by atoms with E-state index >= 15 is 0 Å². The number of thiophene rings is 1. The topological polar surface area (TPSA) is 30.0 Å². The van der Waals surface area contributed by atoms with E-state index in [1.54, 1.807) is 22.7 Å². The van der Waals surface area contributed by atoms with Gasteiger partial charge in [0.05, 0.1) is 16.3 Å². The van der Waals surface area contributed by atoms with Gasteiger partial charge in [0.1, 0.15) is 5.01 Å². The Hall–Kier alpha value is -1.82. The summed E-state index contributed by atoms with van der Waals surface area (Å²) < 4.78 is 12.6. The second-order valence-corrected chi connectivity index (χ2v) is 8.75. The minimum Gasteiger partial charge on any atom is -0.259 e. The third kappa shape index (κ3) is 3.34. The molecule has 0 spiro atoms. The van der Waals surface area contributed by atoms with E-state index in [-0.39, 0.29) is 0 Å². The Morgan fingerprint density at radius 3 is 2.67 bits per heavy atom. The molecule has 0 saturated carbocycles. The van der Waals surface area contributed by atoms with Crippen LogP contribution in [-0.2, 0) is 22.3 Å². The third-order valence-corrected chi connectivity index (χ3v) is 6.97. The SMILES string of the molecule is O=S(Cc1csc(-c2cccs2)n1)Cc1cccc2ccccc12. The summed E-state index contributed by atoms with van der Waals surface area (Å²) in [6.07, 6.45) is 0. The van der Waals surface area contributed by atoms with Gasteiger partial charge in [-0.05, 0) is 27.8 Å². The molecule has 0 aliphatic carbocycles. The van der Waals surface area contributed by atoms with Crippen LogP contribution in [0.4, 0.5) is 0 Å². The molecule has 0 aliphatic rings. The van der Waals surface area contributed by atoms with Crippen molar-refractivity contribution in [2.24, 2.45) is 0 Å². The molecule has 2 aromatic carbocycles. The molecule has 5 heteroatoms. The first-order valence-electron chi connectivity index (χ1n) is 7.59. The van der Waals surface area contributed by atoms with Crippen LogP contribution < -0.4 is 0 Å². The van der Waals surface area contributed by atoms with Crippen LogP contribution in [0.25, 0.3) is 20.7 Å². The molecular weight excluding hydrogens is 354 g/mol. The maximum atomic E-state index is 12.6. The zero-order valence-corrected chi connectivity index (χ0v) is 15.3. The van der Waals surface area contributed by atoms with Crippen LogP contribution in [0.15, 0.2) is 65.4 Å². The Labute approximate surface area is 151 Å². The van der Waals surface area contributed by atoms with E-state index < -0.39 is 10.8 Å². The molecule has 1 unspecified atom stereocenters. The van der Waals surface area contributed by atoms with Gasteiger partial charge in [0.15, 0.2) is 0 Å². The average molecular weight is 370 g/mol.